The maximum absolute atomic E-state index is 12.4. The largest absolute Gasteiger partial charge is 0.475 e. The molecule has 0 spiro atoms. The molecule has 0 unspecified atom stereocenters. The maximum atomic E-state index is 12.4. The maximum Gasteiger partial charge on any atom is 0.371 e. The Morgan fingerprint density at radius 3 is 2.69 bits per heavy atom. The third-order valence-electron chi connectivity index (χ3n) is 4.53. The fourth-order valence-corrected chi connectivity index (χ4v) is 3.27. The number of carboxylic acids is 1. The normalized spacial score (nSPS) is 16.0. The van der Waals surface area contributed by atoms with Crippen LogP contribution in [0.25, 0.3) is 0 Å². The Morgan fingerprint density at radius 2 is 2.00 bits per heavy atom. The number of benzene rings is 1. The molecule has 2 amide bonds. The first-order valence-electron chi connectivity index (χ1n) is 8.39. The first kappa shape index (κ1) is 17.7. The molecule has 136 valence electrons. The number of furan rings is 1. The van der Waals surface area contributed by atoms with Crippen molar-refractivity contribution in [2.24, 2.45) is 0 Å². The lowest BCUT2D eigenvalue weighted by molar-refractivity contribution is -0.133. The SMILES string of the molecule is CC(=O)N1CCc2ccccc2[C@H]1CC(=O)NCc1ccc(C(=O)O)o1. The third-order valence-corrected chi connectivity index (χ3v) is 4.53. The van der Waals surface area contributed by atoms with Crippen LogP contribution >= 0.6 is 0 Å². The lowest BCUT2D eigenvalue weighted by Gasteiger charge is -2.36. The number of carbonyl (C=O) groups excluding carboxylic acids is 2. The average molecular weight is 356 g/mol. The van der Waals surface area contributed by atoms with Gasteiger partial charge in [-0.05, 0) is 29.7 Å². The van der Waals surface area contributed by atoms with Crippen LogP contribution in [0.3, 0.4) is 0 Å². The third kappa shape index (κ3) is 3.77. The fraction of sp³-hybridized carbons (Fsp3) is 0.316. The number of hydrogen-bond acceptors (Lipinski definition) is 4. The lowest BCUT2D eigenvalue weighted by Crippen LogP contribution is -2.41. The van der Waals surface area contributed by atoms with E-state index in [-0.39, 0.29) is 36.6 Å². The van der Waals surface area contributed by atoms with Crippen molar-refractivity contribution >= 4 is 17.8 Å². The molecule has 1 aliphatic rings. The van der Waals surface area contributed by atoms with Crippen molar-refractivity contribution in [3.05, 3.63) is 59.0 Å². The molecule has 1 aromatic carbocycles. The minimum absolute atomic E-state index is 0.0607. The van der Waals surface area contributed by atoms with Gasteiger partial charge in [0.1, 0.15) is 5.76 Å². The number of nitrogens with zero attached hydrogens (tertiary/aromatic N) is 1. The van der Waals surface area contributed by atoms with Crippen LogP contribution in [0.2, 0.25) is 0 Å². The van der Waals surface area contributed by atoms with Gasteiger partial charge in [-0.1, -0.05) is 24.3 Å². The minimum atomic E-state index is -1.15. The van der Waals surface area contributed by atoms with Gasteiger partial charge in [0, 0.05) is 13.5 Å². The van der Waals surface area contributed by atoms with Crippen LogP contribution in [-0.4, -0.2) is 34.3 Å². The van der Waals surface area contributed by atoms with E-state index >= 15 is 0 Å². The van der Waals surface area contributed by atoms with Crippen LogP contribution in [-0.2, 0) is 22.6 Å². The molecular formula is C19H20N2O5. The topological polar surface area (TPSA) is 99.9 Å². The monoisotopic (exact) mass is 356 g/mol. The molecule has 2 N–H and O–H groups in total. The molecule has 0 fully saturated rings. The Morgan fingerprint density at radius 1 is 1.23 bits per heavy atom. The molecule has 0 saturated carbocycles. The summed E-state index contributed by atoms with van der Waals surface area (Å²) in [5.74, 6) is -1.25. The number of fused-ring (bicyclic) bond motifs is 1. The number of rotatable bonds is 5. The Bertz CT molecular complexity index is 842. The summed E-state index contributed by atoms with van der Waals surface area (Å²) in [5, 5.41) is 11.6. The summed E-state index contributed by atoms with van der Waals surface area (Å²) in [6.07, 6.45) is 0.918. The van der Waals surface area contributed by atoms with Crippen LogP contribution in [0, 0.1) is 0 Å². The summed E-state index contributed by atoms with van der Waals surface area (Å²) in [5.41, 5.74) is 2.15. The predicted octanol–water partition coefficient (Wildman–Crippen LogP) is 2.13. The summed E-state index contributed by atoms with van der Waals surface area (Å²) in [4.78, 5) is 36.9. The summed E-state index contributed by atoms with van der Waals surface area (Å²) in [7, 11) is 0. The first-order valence-corrected chi connectivity index (χ1v) is 8.39. The van der Waals surface area contributed by atoms with Crippen LogP contribution in [0.1, 0.15) is 46.8 Å². The lowest BCUT2D eigenvalue weighted by atomic mass is 9.90. The van der Waals surface area contributed by atoms with Gasteiger partial charge in [0.15, 0.2) is 0 Å². The van der Waals surface area contributed by atoms with Crippen LogP contribution < -0.4 is 5.32 Å². The second-order valence-corrected chi connectivity index (χ2v) is 6.23. The van der Waals surface area contributed by atoms with Crippen molar-refractivity contribution in [2.45, 2.75) is 32.4 Å². The number of amides is 2. The van der Waals surface area contributed by atoms with Crippen LogP contribution in [0.4, 0.5) is 0 Å². The zero-order valence-electron chi connectivity index (χ0n) is 14.4. The van der Waals surface area contributed by atoms with Gasteiger partial charge in [-0.2, -0.15) is 0 Å². The first-order chi connectivity index (χ1) is 12.5. The van der Waals surface area contributed by atoms with Crippen molar-refractivity contribution in [2.75, 3.05) is 6.54 Å². The molecule has 1 aliphatic heterocycles. The molecule has 0 bridgehead atoms. The molecule has 7 nitrogen and oxygen atoms in total. The van der Waals surface area contributed by atoms with Gasteiger partial charge in [0.2, 0.25) is 17.6 Å². The minimum Gasteiger partial charge on any atom is -0.475 e. The van der Waals surface area contributed by atoms with E-state index in [1.54, 1.807) is 4.90 Å². The fourth-order valence-electron chi connectivity index (χ4n) is 3.27. The van der Waals surface area contributed by atoms with Gasteiger partial charge in [-0.25, -0.2) is 4.79 Å². The molecule has 7 heteroatoms. The Labute approximate surface area is 150 Å². The van der Waals surface area contributed by atoms with E-state index in [1.807, 2.05) is 24.3 Å². The summed E-state index contributed by atoms with van der Waals surface area (Å²) in [6, 6.07) is 10.4. The molecular weight excluding hydrogens is 336 g/mol. The van der Waals surface area contributed by atoms with E-state index in [0.29, 0.717) is 12.3 Å². The molecule has 2 heterocycles. The number of carbonyl (C=O) groups is 3. The van der Waals surface area contributed by atoms with Crippen LogP contribution in [0.15, 0.2) is 40.8 Å². The second kappa shape index (κ2) is 7.43. The Kier molecular flexibility index (Phi) is 5.06. The van der Waals surface area contributed by atoms with E-state index < -0.39 is 5.97 Å². The average Bonchev–Trinajstić information content (AvgIpc) is 3.09. The van der Waals surface area contributed by atoms with Crippen molar-refractivity contribution in [3.8, 4) is 0 Å². The van der Waals surface area contributed by atoms with Gasteiger partial charge in [0.25, 0.3) is 0 Å². The predicted molar refractivity (Wildman–Crippen MR) is 92.4 cm³/mol. The zero-order valence-corrected chi connectivity index (χ0v) is 14.4. The Hall–Kier alpha value is -3.09. The highest BCUT2D eigenvalue weighted by atomic mass is 16.4. The highest BCUT2D eigenvalue weighted by Gasteiger charge is 2.30. The molecule has 1 atom stereocenters. The van der Waals surface area contributed by atoms with Crippen LogP contribution in [0.5, 0.6) is 0 Å². The summed E-state index contributed by atoms with van der Waals surface area (Å²) < 4.78 is 5.12. The van der Waals surface area contributed by atoms with Gasteiger partial charge < -0.3 is 19.7 Å². The van der Waals surface area contributed by atoms with E-state index in [0.717, 1.165) is 17.5 Å². The van der Waals surface area contributed by atoms with Gasteiger partial charge >= 0.3 is 5.97 Å². The Balaban J connectivity index is 1.68. The van der Waals surface area contributed by atoms with Crippen molar-refractivity contribution in [3.63, 3.8) is 0 Å². The quantitative estimate of drug-likeness (QED) is 0.855. The van der Waals surface area contributed by atoms with Crippen molar-refractivity contribution < 1.29 is 23.9 Å². The van der Waals surface area contributed by atoms with E-state index in [4.69, 9.17) is 9.52 Å². The molecule has 2 aromatic rings. The zero-order chi connectivity index (χ0) is 18.7. The molecule has 26 heavy (non-hydrogen) atoms. The molecule has 0 saturated heterocycles. The second-order valence-electron chi connectivity index (χ2n) is 6.23. The van der Waals surface area contributed by atoms with E-state index in [2.05, 4.69) is 5.32 Å². The van der Waals surface area contributed by atoms with Crippen molar-refractivity contribution in [1.82, 2.24) is 10.2 Å². The molecule has 0 radical (unpaired) electrons. The molecule has 1 aromatic heterocycles. The molecule has 3 rings (SSSR count). The van der Waals surface area contributed by atoms with Gasteiger partial charge in [-0.3, -0.25) is 9.59 Å². The van der Waals surface area contributed by atoms with E-state index in [9.17, 15) is 14.4 Å². The number of carboxylic acid groups (broad SMARTS) is 1. The van der Waals surface area contributed by atoms with E-state index in [1.165, 1.54) is 19.1 Å². The molecule has 0 aliphatic carbocycles. The smallest absolute Gasteiger partial charge is 0.371 e. The summed E-state index contributed by atoms with van der Waals surface area (Å²) in [6.45, 7) is 2.19. The highest BCUT2D eigenvalue weighted by molar-refractivity contribution is 5.84. The summed E-state index contributed by atoms with van der Waals surface area (Å²) >= 11 is 0. The van der Waals surface area contributed by atoms with Gasteiger partial charge in [-0.15, -0.1) is 0 Å². The highest BCUT2D eigenvalue weighted by Crippen LogP contribution is 2.32. The number of nitrogens with one attached hydrogen (secondary N) is 1. The number of hydrogen-bond donors (Lipinski definition) is 2. The standard InChI is InChI=1S/C19H20N2O5/c1-12(22)21-9-8-13-4-2-3-5-15(13)16(21)10-18(23)20-11-14-6-7-17(26-14)19(24)25/h2-7,16H,8-11H2,1H3,(H,20,23)(H,24,25)/t16-/m1/s1. The number of aromatic carboxylic acids is 1. The van der Waals surface area contributed by atoms with Crippen molar-refractivity contribution in [1.29, 1.82) is 0 Å². The van der Waals surface area contributed by atoms with Gasteiger partial charge in [0.05, 0.1) is 19.0 Å².